The van der Waals surface area contributed by atoms with Crippen LogP contribution in [0.1, 0.15) is 11.3 Å². The fourth-order valence-electron chi connectivity index (χ4n) is 3.14. The van der Waals surface area contributed by atoms with Gasteiger partial charge in [-0.1, -0.05) is 0 Å². The van der Waals surface area contributed by atoms with Crippen molar-refractivity contribution in [3.8, 4) is 11.3 Å². The first-order chi connectivity index (χ1) is 15.2. The Labute approximate surface area is 177 Å². The molecule has 0 saturated heterocycles. The van der Waals surface area contributed by atoms with Crippen LogP contribution in [-0.4, -0.2) is 35.3 Å². The number of rotatable bonds is 6. The van der Waals surface area contributed by atoms with Gasteiger partial charge in [0.15, 0.2) is 5.60 Å². The Hall–Kier alpha value is -3.80. The van der Waals surface area contributed by atoms with Crippen molar-refractivity contribution >= 4 is 0 Å². The summed E-state index contributed by atoms with van der Waals surface area (Å²) in [6.45, 7) is -0.975. The van der Waals surface area contributed by atoms with Crippen LogP contribution in [0.15, 0.2) is 61.2 Å². The lowest BCUT2D eigenvalue weighted by atomic mass is 9.85. The zero-order valence-corrected chi connectivity index (χ0v) is 16.0. The number of halogens is 5. The molecule has 2 aromatic heterocycles. The van der Waals surface area contributed by atoms with Gasteiger partial charge in [0.05, 0.1) is 24.6 Å². The summed E-state index contributed by atoms with van der Waals surface area (Å²) in [5, 5.41) is 21.1. The van der Waals surface area contributed by atoms with Crippen molar-refractivity contribution < 1.29 is 27.1 Å². The van der Waals surface area contributed by atoms with Crippen LogP contribution < -0.4 is 0 Å². The second kappa shape index (κ2) is 8.04. The van der Waals surface area contributed by atoms with Crippen molar-refractivity contribution in [1.29, 1.82) is 0 Å². The van der Waals surface area contributed by atoms with Gasteiger partial charge in [0.25, 0.3) is 0 Å². The van der Waals surface area contributed by atoms with Gasteiger partial charge in [0.1, 0.15) is 29.5 Å². The molecule has 0 aliphatic rings. The molecule has 0 fully saturated rings. The van der Waals surface area contributed by atoms with E-state index in [1.54, 1.807) is 0 Å². The fraction of sp³-hybridized carbons (Fsp3) is 0.150. The average Bonchev–Trinajstić information content (AvgIpc) is 3.27. The van der Waals surface area contributed by atoms with E-state index < -0.39 is 46.8 Å². The molecular weight excluding hydrogens is 435 g/mol. The third-order valence-corrected chi connectivity index (χ3v) is 4.79. The molecular formula is C20H13F5N6O. The van der Waals surface area contributed by atoms with Crippen molar-refractivity contribution in [1.82, 2.24) is 30.2 Å². The Balaban J connectivity index is 1.78. The highest BCUT2D eigenvalue weighted by Gasteiger charge is 2.58. The van der Waals surface area contributed by atoms with Gasteiger partial charge in [0, 0.05) is 17.2 Å². The number of benzene rings is 2. The molecule has 0 spiro atoms. The highest BCUT2D eigenvalue weighted by Crippen LogP contribution is 2.46. The van der Waals surface area contributed by atoms with Gasteiger partial charge >= 0.3 is 5.92 Å². The highest BCUT2D eigenvalue weighted by molar-refractivity contribution is 5.57. The summed E-state index contributed by atoms with van der Waals surface area (Å²) in [7, 11) is 0. The van der Waals surface area contributed by atoms with E-state index >= 15 is 8.78 Å². The molecule has 2 aromatic carbocycles. The predicted octanol–water partition coefficient (Wildman–Crippen LogP) is 3.23. The van der Waals surface area contributed by atoms with E-state index in [1.165, 1.54) is 24.3 Å². The number of hydrogen-bond acceptors (Lipinski definition) is 6. The summed E-state index contributed by atoms with van der Waals surface area (Å²) >= 11 is 0. The summed E-state index contributed by atoms with van der Waals surface area (Å²) in [6.07, 6.45) is 2.67. The third kappa shape index (κ3) is 3.80. The van der Waals surface area contributed by atoms with Crippen molar-refractivity contribution in [2.24, 2.45) is 0 Å². The molecule has 1 atom stereocenters. The Morgan fingerprint density at radius 3 is 2.22 bits per heavy atom. The summed E-state index contributed by atoms with van der Waals surface area (Å²) in [6, 6.07) is 6.94. The normalized spacial score (nSPS) is 13.7. The minimum absolute atomic E-state index is 0.168. The van der Waals surface area contributed by atoms with Crippen molar-refractivity contribution in [3.63, 3.8) is 0 Å². The van der Waals surface area contributed by atoms with Crippen LogP contribution in [0.5, 0.6) is 0 Å². The van der Waals surface area contributed by atoms with Gasteiger partial charge in [-0.3, -0.25) is 9.97 Å². The van der Waals surface area contributed by atoms with Crippen molar-refractivity contribution in [2.45, 2.75) is 18.1 Å². The molecule has 7 nitrogen and oxygen atoms in total. The summed E-state index contributed by atoms with van der Waals surface area (Å²) in [5.74, 6) is -7.11. The van der Waals surface area contributed by atoms with Crippen molar-refractivity contribution in [2.75, 3.05) is 0 Å². The van der Waals surface area contributed by atoms with E-state index in [-0.39, 0.29) is 5.69 Å². The first kappa shape index (κ1) is 21.4. The Kier molecular flexibility index (Phi) is 5.38. The maximum atomic E-state index is 15.6. The molecule has 0 radical (unpaired) electrons. The molecule has 1 N–H and O–H groups in total. The van der Waals surface area contributed by atoms with E-state index in [1.807, 2.05) is 0 Å². The van der Waals surface area contributed by atoms with Crippen LogP contribution >= 0.6 is 0 Å². The Morgan fingerprint density at radius 2 is 1.62 bits per heavy atom. The lowest BCUT2D eigenvalue weighted by molar-refractivity contribution is -0.208. The summed E-state index contributed by atoms with van der Waals surface area (Å²) < 4.78 is 72.9. The third-order valence-electron chi connectivity index (χ3n) is 4.79. The standard InChI is InChI=1S/C20H13F5N6O/c21-13-3-1-12(2-4-13)17-8-27-18(9-26-17)20(24,25)19(32,10-31-11-28-29-30-31)15-6-5-14(22)7-16(15)23/h1-9,11,32H,10H2. The van der Waals surface area contributed by atoms with Crippen LogP contribution in [0, 0.1) is 17.5 Å². The molecule has 1 unspecified atom stereocenters. The van der Waals surface area contributed by atoms with Gasteiger partial charge in [0.2, 0.25) is 0 Å². The highest BCUT2D eigenvalue weighted by atomic mass is 19.3. The quantitative estimate of drug-likeness (QED) is 0.456. The number of aliphatic hydroxyl groups is 1. The van der Waals surface area contributed by atoms with Gasteiger partial charge < -0.3 is 5.11 Å². The molecule has 32 heavy (non-hydrogen) atoms. The lowest BCUT2D eigenvalue weighted by Gasteiger charge is -2.35. The molecule has 4 rings (SSSR count). The second-order valence-electron chi connectivity index (χ2n) is 6.86. The molecule has 0 saturated carbocycles. The number of hydrogen-bond donors (Lipinski definition) is 1. The lowest BCUT2D eigenvalue weighted by Crippen LogP contribution is -2.48. The van der Waals surface area contributed by atoms with E-state index in [9.17, 15) is 18.3 Å². The minimum Gasteiger partial charge on any atom is -0.377 e. The van der Waals surface area contributed by atoms with E-state index in [0.717, 1.165) is 23.3 Å². The number of aromatic nitrogens is 6. The van der Waals surface area contributed by atoms with Crippen LogP contribution in [0.4, 0.5) is 22.0 Å². The van der Waals surface area contributed by atoms with Gasteiger partial charge in [-0.05, 0) is 46.8 Å². The molecule has 12 heteroatoms. The monoisotopic (exact) mass is 448 g/mol. The molecule has 2 heterocycles. The van der Waals surface area contributed by atoms with E-state index in [4.69, 9.17) is 0 Å². The first-order valence-electron chi connectivity index (χ1n) is 9.06. The van der Waals surface area contributed by atoms with E-state index in [2.05, 4.69) is 25.5 Å². The largest absolute Gasteiger partial charge is 0.377 e. The van der Waals surface area contributed by atoms with Gasteiger partial charge in [-0.2, -0.15) is 8.78 Å². The topological polar surface area (TPSA) is 89.6 Å². The summed E-state index contributed by atoms with van der Waals surface area (Å²) in [4.78, 5) is 7.60. The zero-order chi connectivity index (χ0) is 22.9. The summed E-state index contributed by atoms with van der Waals surface area (Å²) in [5.41, 5.74) is -4.54. The molecule has 0 aliphatic heterocycles. The Morgan fingerprint density at radius 1 is 0.906 bits per heavy atom. The molecule has 0 aliphatic carbocycles. The predicted molar refractivity (Wildman–Crippen MR) is 99.4 cm³/mol. The molecule has 164 valence electrons. The SMILES string of the molecule is OC(Cn1cnnn1)(c1ccc(F)cc1F)C(F)(F)c1cnc(-c2ccc(F)cc2)cn1. The van der Waals surface area contributed by atoms with Gasteiger partial charge in [-0.15, -0.1) is 5.10 Å². The molecule has 4 aromatic rings. The minimum atomic E-state index is -4.22. The second-order valence-corrected chi connectivity index (χ2v) is 6.86. The van der Waals surface area contributed by atoms with Crippen LogP contribution in [0.3, 0.4) is 0 Å². The zero-order valence-electron chi connectivity index (χ0n) is 16.0. The van der Waals surface area contributed by atoms with E-state index in [0.29, 0.717) is 23.9 Å². The van der Waals surface area contributed by atoms with Crippen molar-refractivity contribution in [3.05, 3.63) is 89.9 Å². The van der Waals surface area contributed by atoms with Crippen LogP contribution in [-0.2, 0) is 18.1 Å². The number of nitrogens with zero attached hydrogens (tertiary/aromatic N) is 6. The Bertz CT molecular complexity index is 1220. The number of tetrazole rings is 1. The van der Waals surface area contributed by atoms with Crippen LogP contribution in [0.2, 0.25) is 0 Å². The molecule has 0 bridgehead atoms. The maximum Gasteiger partial charge on any atom is 0.325 e. The number of alkyl halides is 2. The smallest absolute Gasteiger partial charge is 0.325 e. The molecule has 0 amide bonds. The fourth-order valence-corrected chi connectivity index (χ4v) is 3.14. The van der Waals surface area contributed by atoms with Gasteiger partial charge in [-0.25, -0.2) is 17.9 Å². The van der Waals surface area contributed by atoms with Crippen LogP contribution in [0.25, 0.3) is 11.3 Å². The maximum absolute atomic E-state index is 15.6. The average molecular weight is 448 g/mol. The first-order valence-corrected chi connectivity index (χ1v) is 9.06.